The van der Waals surface area contributed by atoms with Crippen LogP contribution < -0.4 is 5.43 Å². The fraction of sp³-hybridized carbons (Fsp3) is 0. The molecule has 0 saturated heterocycles. The highest BCUT2D eigenvalue weighted by Gasteiger charge is 2.17. The zero-order chi connectivity index (χ0) is 11.0. The topological polar surface area (TPSA) is 92.4 Å². The molecule has 0 saturated carbocycles. The van der Waals surface area contributed by atoms with Crippen molar-refractivity contribution in [3.63, 3.8) is 0 Å². The molecule has 0 unspecified atom stereocenters. The number of rotatable bonds is 1. The van der Waals surface area contributed by atoms with E-state index in [1.165, 1.54) is 6.07 Å². The van der Waals surface area contributed by atoms with Crippen LogP contribution in [0.1, 0.15) is 10.4 Å². The van der Waals surface area contributed by atoms with Crippen molar-refractivity contribution in [3.05, 3.63) is 40.3 Å². The summed E-state index contributed by atoms with van der Waals surface area (Å²) in [4.78, 5) is 25.5. The minimum absolute atomic E-state index is 0.0599. The normalized spacial score (nSPS) is 10.4. The van der Waals surface area contributed by atoms with Gasteiger partial charge >= 0.3 is 5.97 Å². The SMILES string of the molecule is O=C(O)c1ccn(O)c2cc(=O)cnc1-2. The molecule has 0 radical (unpaired) electrons. The third kappa shape index (κ3) is 1.41. The molecular weight excluding hydrogens is 200 g/mol. The molecule has 2 N–H and O–H groups in total. The van der Waals surface area contributed by atoms with Crippen molar-refractivity contribution >= 4 is 5.97 Å². The van der Waals surface area contributed by atoms with Crippen LogP contribution in [0.15, 0.2) is 29.3 Å². The van der Waals surface area contributed by atoms with E-state index < -0.39 is 11.4 Å². The number of carboxylic acid groups (broad SMARTS) is 1. The zero-order valence-corrected chi connectivity index (χ0v) is 7.41. The van der Waals surface area contributed by atoms with Crippen molar-refractivity contribution in [1.82, 2.24) is 9.71 Å². The van der Waals surface area contributed by atoms with E-state index in [0.29, 0.717) is 4.73 Å². The summed E-state index contributed by atoms with van der Waals surface area (Å²) in [5.41, 5.74) is -0.308. The predicted molar refractivity (Wildman–Crippen MR) is 49.3 cm³/mol. The van der Waals surface area contributed by atoms with Gasteiger partial charge in [0, 0.05) is 12.3 Å². The van der Waals surface area contributed by atoms with Crippen LogP contribution in [0.25, 0.3) is 11.4 Å². The number of hydrogen-bond acceptors (Lipinski definition) is 4. The first kappa shape index (κ1) is 9.20. The fourth-order valence-electron chi connectivity index (χ4n) is 1.29. The molecule has 2 aliphatic heterocycles. The van der Waals surface area contributed by atoms with Crippen LogP contribution in [0, 0.1) is 0 Å². The van der Waals surface area contributed by atoms with E-state index >= 15 is 0 Å². The van der Waals surface area contributed by atoms with Crippen LogP contribution in [-0.4, -0.2) is 26.0 Å². The van der Waals surface area contributed by atoms with Gasteiger partial charge in [-0.1, -0.05) is 0 Å². The van der Waals surface area contributed by atoms with Gasteiger partial charge in [-0.25, -0.2) is 9.78 Å². The van der Waals surface area contributed by atoms with Gasteiger partial charge in [0.25, 0.3) is 0 Å². The molecule has 0 aliphatic carbocycles. The molecule has 0 amide bonds. The summed E-state index contributed by atoms with van der Waals surface area (Å²) >= 11 is 0. The Hall–Kier alpha value is -2.37. The Bertz CT molecular complexity index is 561. The van der Waals surface area contributed by atoms with E-state index in [0.717, 1.165) is 18.5 Å². The number of nitrogens with zero attached hydrogens (tertiary/aromatic N) is 2. The zero-order valence-electron chi connectivity index (χ0n) is 7.41. The maximum absolute atomic E-state index is 11.0. The molecule has 6 heteroatoms. The number of hydrogen-bond donors (Lipinski definition) is 2. The largest absolute Gasteiger partial charge is 0.478 e. The molecule has 0 bridgehead atoms. The van der Waals surface area contributed by atoms with Gasteiger partial charge in [0.15, 0.2) is 5.43 Å². The van der Waals surface area contributed by atoms with Crippen molar-refractivity contribution < 1.29 is 15.1 Å². The second-order valence-corrected chi connectivity index (χ2v) is 2.92. The second-order valence-electron chi connectivity index (χ2n) is 2.92. The number of aromatic carboxylic acids is 1. The van der Waals surface area contributed by atoms with Crippen LogP contribution in [0.5, 0.6) is 0 Å². The second kappa shape index (κ2) is 3.09. The Morgan fingerprint density at radius 1 is 1.47 bits per heavy atom. The maximum Gasteiger partial charge on any atom is 0.338 e. The average molecular weight is 206 g/mol. The van der Waals surface area contributed by atoms with E-state index in [9.17, 15) is 14.8 Å². The Morgan fingerprint density at radius 3 is 2.87 bits per heavy atom. The van der Waals surface area contributed by atoms with Gasteiger partial charge in [-0.05, 0) is 6.07 Å². The molecule has 2 aliphatic rings. The van der Waals surface area contributed by atoms with Gasteiger partial charge in [0.1, 0.15) is 11.4 Å². The first-order valence-corrected chi connectivity index (χ1v) is 4.03. The maximum atomic E-state index is 11.0. The molecule has 0 aromatic heterocycles. The van der Waals surface area contributed by atoms with Crippen LogP contribution in [0.2, 0.25) is 0 Å². The average Bonchev–Trinajstić information content (AvgIpc) is 2.19. The van der Waals surface area contributed by atoms with Crippen molar-refractivity contribution in [2.45, 2.75) is 0 Å². The fourth-order valence-corrected chi connectivity index (χ4v) is 1.29. The number of pyridine rings is 2. The lowest BCUT2D eigenvalue weighted by Crippen LogP contribution is -2.12. The first-order chi connectivity index (χ1) is 7.09. The van der Waals surface area contributed by atoms with Crippen molar-refractivity contribution in [2.24, 2.45) is 0 Å². The lowest BCUT2D eigenvalue weighted by molar-refractivity contribution is 0.0696. The van der Waals surface area contributed by atoms with Crippen LogP contribution >= 0.6 is 0 Å². The van der Waals surface area contributed by atoms with Crippen molar-refractivity contribution in [2.75, 3.05) is 0 Å². The summed E-state index contributed by atoms with van der Waals surface area (Å²) in [6.07, 6.45) is 2.15. The highest BCUT2D eigenvalue weighted by Crippen LogP contribution is 2.20. The summed E-state index contributed by atoms with van der Waals surface area (Å²) in [5, 5.41) is 18.2. The summed E-state index contributed by atoms with van der Waals surface area (Å²) in [5.74, 6) is -1.16. The highest BCUT2D eigenvalue weighted by atomic mass is 16.5. The molecule has 0 fully saturated rings. The summed E-state index contributed by atoms with van der Waals surface area (Å²) in [7, 11) is 0. The van der Waals surface area contributed by atoms with E-state index in [-0.39, 0.29) is 17.0 Å². The minimum Gasteiger partial charge on any atom is -0.478 e. The van der Waals surface area contributed by atoms with Gasteiger partial charge in [-0.15, -0.1) is 0 Å². The summed E-state index contributed by atoms with van der Waals surface area (Å²) in [6, 6.07) is 2.33. The Morgan fingerprint density at radius 2 is 2.20 bits per heavy atom. The van der Waals surface area contributed by atoms with E-state index in [2.05, 4.69) is 4.98 Å². The minimum atomic E-state index is -1.16. The molecule has 0 aromatic carbocycles. The van der Waals surface area contributed by atoms with Crippen molar-refractivity contribution in [3.8, 4) is 11.4 Å². The number of carbonyl (C=O) groups is 1. The molecule has 0 aromatic rings. The summed E-state index contributed by atoms with van der Waals surface area (Å²) < 4.78 is 0.663. The number of fused-ring (bicyclic) bond motifs is 1. The van der Waals surface area contributed by atoms with Crippen LogP contribution in [-0.2, 0) is 0 Å². The van der Waals surface area contributed by atoms with Gasteiger partial charge in [0.05, 0.1) is 11.8 Å². The molecule has 0 spiro atoms. The van der Waals surface area contributed by atoms with Gasteiger partial charge in [-0.2, -0.15) is 4.73 Å². The standard InChI is InChI=1S/C9H6N2O4/c12-5-3-7-8(10-4-5)6(9(13)14)1-2-11(7)15/h1-4,15H,(H,13,14). The Balaban J connectivity index is 2.86. The van der Waals surface area contributed by atoms with E-state index in [1.807, 2.05) is 0 Å². The smallest absolute Gasteiger partial charge is 0.338 e. The predicted octanol–water partition coefficient (Wildman–Crippen LogP) is 0.284. The van der Waals surface area contributed by atoms with Gasteiger partial charge in [-0.3, -0.25) is 4.79 Å². The van der Waals surface area contributed by atoms with E-state index in [4.69, 9.17) is 5.11 Å². The monoisotopic (exact) mass is 206 g/mol. The van der Waals surface area contributed by atoms with Crippen molar-refractivity contribution in [1.29, 1.82) is 0 Å². The lowest BCUT2D eigenvalue weighted by Gasteiger charge is -2.10. The first-order valence-electron chi connectivity index (χ1n) is 4.03. The van der Waals surface area contributed by atoms with Gasteiger partial charge < -0.3 is 10.3 Å². The van der Waals surface area contributed by atoms with Crippen LogP contribution in [0.4, 0.5) is 0 Å². The highest BCUT2D eigenvalue weighted by molar-refractivity contribution is 5.94. The third-order valence-corrected chi connectivity index (χ3v) is 1.96. The molecular formula is C9H6N2O4. The quantitative estimate of drug-likeness (QED) is 0.654. The number of carboxylic acids is 1. The van der Waals surface area contributed by atoms with E-state index in [1.54, 1.807) is 0 Å². The molecule has 15 heavy (non-hydrogen) atoms. The number of aromatic nitrogens is 2. The molecule has 6 nitrogen and oxygen atoms in total. The Kier molecular flexibility index (Phi) is 1.89. The third-order valence-electron chi connectivity index (χ3n) is 1.96. The molecule has 76 valence electrons. The molecule has 0 atom stereocenters. The molecule has 2 heterocycles. The lowest BCUT2D eigenvalue weighted by atomic mass is 10.1. The Labute approximate surface area is 83.3 Å². The summed E-state index contributed by atoms with van der Waals surface area (Å²) in [6.45, 7) is 0. The van der Waals surface area contributed by atoms with Gasteiger partial charge in [0.2, 0.25) is 0 Å². The molecule has 2 rings (SSSR count). The van der Waals surface area contributed by atoms with Crippen LogP contribution in [0.3, 0.4) is 0 Å².